The lowest BCUT2D eigenvalue weighted by Gasteiger charge is -2.30. The summed E-state index contributed by atoms with van der Waals surface area (Å²) in [6.45, 7) is 6.54. The van der Waals surface area contributed by atoms with Crippen LogP contribution in [-0.4, -0.2) is 69.4 Å². The number of ether oxygens (including phenoxy) is 1. The number of quaternary nitrogens is 1. The molecule has 1 amide bonds. The van der Waals surface area contributed by atoms with Crippen LogP contribution in [0.1, 0.15) is 258 Å². The van der Waals surface area contributed by atoms with Crippen molar-refractivity contribution in [3.63, 3.8) is 0 Å². The van der Waals surface area contributed by atoms with Crippen LogP contribution in [0.25, 0.3) is 0 Å². The first-order chi connectivity index (χ1) is 40.9. The Balaban J connectivity index is 5.21. The summed E-state index contributed by atoms with van der Waals surface area (Å²) in [5.74, 6) is -0.650. The highest BCUT2D eigenvalue weighted by atomic mass is 31.2. The van der Waals surface area contributed by atoms with E-state index in [9.17, 15) is 19.0 Å². The molecule has 0 aromatic heterocycles. The quantitative estimate of drug-likeness (QED) is 0.0212. The van der Waals surface area contributed by atoms with E-state index in [1.165, 1.54) is 96.3 Å². The molecule has 84 heavy (non-hydrogen) atoms. The number of amides is 1. The Bertz CT molecular complexity index is 1950. The number of rotatable bonds is 59. The van der Waals surface area contributed by atoms with Gasteiger partial charge < -0.3 is 28.5 Å². The molecule has 1 N–H and O–H groups in total. The minimum atomic E-state index is -4.73. The summed E-state index contributed by atoms with van der Waals surface area (Å²) in [6, 6.07) is -0.941. The molecular weight excluding hydrogens is 1060 g/mol. The van der Waals surface area contributed by atoms with Crippen LogP contribution in [0.3, 0.4) is 0 Å². The molecule has 0 aromatic carbocycles. The number of carbonyl (C=O) groups excluding carboxylic acids is 2. The van der Waals surface area contributed by atoms with E-state index in [1.54, 1.807) is 0 Å². The van der Waals surface area contributed by atoms with Crippen LogP contribution in [0.4, 0.5) is 0 Å². The summed E-state index contributed by atoms with van der Waals surface area (Å²) in [6.07, 6.45) is 89.9. The average Bonchev–Trinajstić information content (AvgIpc) is 3.64. The molecule has 0 heterocycles. The Kier molecular flexibility index (Phi) is 58.9. The minimum Gasteiger partial charge on any atom is -0.756 e. The number of unbranched alkanes of at least 4 members (excludes halogenated alkanes) is 21. The van der Waals surface area contributed by atoms with Crippen molar-refractivity contribution in [1.29, 1.82) is 0 Å². The fraction of sp³-hybridized carbons (Fsp3) is 0.649. The van der Waals surface area contributed by atoms with Gasteiger partial charge in [0.25, 0.3) is 7.82 Å². The Labute approximate surface area is 517 Å². The maximum Gasteiger partial charge on any atom is 0.306 e. The number of phosphoric acid groups is 1. The SMILES string of the molecule is CC/C=C\C/C=C\C/C=C\C/C=C\C/C=C\C/C=C\CCC(=O)NC(COP(=O)([O-])OCC[N+](C)(C)C)C(/C=C\CCCCCCCCCCCC)OC(=O)CCCCCCCCCCCCC/C=C\C/C=C\C/C=C\C/C=C\C/C=C\CC. The van der Waals surface area contributed by atoms with Gasteiger partial charge in [0.1, 0.15) is 19.3 Å². The zero-order valence-electron chi connectivity index (χ0n) is 54.5. The molecule has 478 valence electrons. The van der Waals surface area contributed by atoms with Gasteiger partial charge in [0.05, 0.1) is 33.8 Å². The highest BCUT2D eigenvalue weighted by Crippen LogP contribution is 2.38. The molecule has 0 rings (SSSR count). The lowest BCUT2D eigenvalue weighted by molar-refractivity contribution is -0.870. The number of nitrogens with one attached hydrogen (secondary N) is 1. The number of allylic oxidation sites excluding steroid dienone is 23. The largest absolute Gasteiger partial charge is 0.756 e. The third-order valence-electron chi connectivity index (χ3n) is 14.0. The number of nitrogens with zero attached hydrogens (tertiary/aromatic N) is 1. The molecule has 0 aliphatic rings. The third-order valence-corrected chi connectivity index (χ3v) is 15.0. The Morgan fingerprint density at radius 3 is 1.17 bits per heavy atom. The normalized spacial score (nSPS) is 14.5. The summed E-state index contributed by atoms with van der Waals surface area (Å²) in [5, 5.41) is 2.98. The Hall–Kier alpha value is -4.11. The maximum atomic E-state index is 13.5. The second-order valence-electron chi connectivity index (χ2n) is 23.2. The van der Waals surface area contributed by atoms with Gasteiger partial charge in [0, 0.05) is 12.8 Å². The summed E-state index contributed by atoms with van der Waals surface area (Å²) in [7, 11) is 1.12. The van der Waals surface area contributed by atoms with Crippen molar-refractivity contribution in [3.05, 3.63) is 146 Å². The highest BCUT2D eigenvalue weighted by Gasteiger charge is 2.27. The molecule has 0 spiro atoms. The number of esters is 1. The molecule has 0 saturated carbocycles. The van der Waals surface area contributed by atoms with E-state index in [1.807, 2.05) is 45.4 Å². The zero-order chi connectivity index (χ0) is 61.4. The van der Waals surface area contributed by atoms with Crippen LogP contribution in [-0.2, 0) is 27.9 Å². The van der Waals surface area contributed by atoms with Crippen molar-refractivity contribution in [2.75, 3.05) is 40.9 Å². The average molecular weight is 1190 g/mol. The zero-order valence-corrected chi connectivity index (χ0v) is 55.4. The summed E-state index contributed by atoms with van der Waals surface area (Å²) >= 11 is 0. The van der Waals surface area contributed by atoms with Crippen molar-refractivity contribution < 1.29 is 37.3 Å². The molecule has 3 atom stereocenters. The lowest BCUT2D eigenvalue weighted by atomic mass is 10.0. The number of carbonyl (C=O) groups is 2. The molecule has 0 bridgehead atoms. The van der Waals surface area contributed by atoms with Crippen LogP contribution in [0, 0.1) is 0 Å². The van der Waals surface area contributed by atoms with Gasteiger partial charge >= 0.3 is 5.97 Å². The van der Waals surface area contributed by atoms with Crippen molar-refractivity contribution in [1.82, 2.24) is 5.32 Å². The molecule has 0 fully saturated rings. The van der Waals surface area contributed by atoms with E-state index in [2.05, 4.69) is 148 Å². The third kappa shape index (κ3) is 62.4. The first-order valence-electron chi connectivity index (χ1n) is 33.6. The monoisotopic (exact) mass is 1180 g/mol. The summed E-state index contributed by atoms with van der Waals surface area (Å²) < 4.78 is 30.3. The van der Waals surface area contributed by atoms with Crippen LogP contribution in [0.15, 0.2) is 146 Å². The van der Waals surface area contributed by atoms with E-state index in [0.29, 0.717) is 23.9 Å². The molecule has 3 unspecified atom stereocenters. The predicted octanol–water partition coefficient (Wildman–Crippen LogP) is 20.8. The highest BCUT2D eigenvalue weighted by molar-refractivity contribution is 7.45. The number of hydrogen-bond donors (Lipinski definition) is 1. The second kappa shape index (κ2) is 62.0. The van der Waals surface area contributed by atoms with Crippen molar-refractivity contribution in [3.8, 4) is 0 Å². The van der Waals surface area contributed by atoms with E-state index in [4.69, 9.17) is 13.8 Å². The van der Waals surface area contributed by atoms with Gasteiger partial charge in [-0.25, -0.2) is 0 Å². The Morgan fingerprint density at radius 2 is 0.774 bits per heavy atom. The van der Waals surface area contributed by atoms with Gasteiger partial charge in [0.15, 0.2) is 0 Å². The standard InChI is InChI=1S/C74H125N2O7P/c1-7-10-13-16-19-22-25-28-30-32-34-35-36-37-38-39-40-41-43-45-47-49-52-55-58-61-64-67-74(78)83-72(65-62-59-56-53-50-27-24-21-18-15-12-9-3)71(70-82-84(79,80)81-69-68-76(4,5)6)75-73(77)66-63-60-57-54-51-48-46-44-42-33-31-29-26-23-20-17-14-11-8-2/h10-11,13-14,19-20,22-23,28-31,34-35,37-38,42,44,48,51,57,60,62,65,71-72H,7-9,12,15-18,21,24-27,32-33,36,39-41,43,45-47,49-50,52-56,58-59,61,63-64,66-70H2,1-6H3,(H-,75,77,79,80)/b13-10-,14-11-,22-19-,23-20-,30-28-,31-29-,35-34-,38-37-,44-42-,51-48-,60-57-,65-62-. The van der Waals surface area contributed by atoms with Gasteiger partial charge in [-0.2, -0.15) is 0 Å². The van der Waals surface area contributed by atoms with Gasteiger partial charge in [-0.3, -0.25) is 14.2 Å². The lowest BCUT2D eigenvalue weighted by Crippen LogP contribution is -2.47. The first kappa shape index (κ1) is 79.9. The predicted molar refractivity (Wildman–Crippen MR) is 362 cm³/mol. The first-order valence-corrected chi connectivity index (χ1v) is 35.1. The molecule has 0 saturated heterocycles. The topological polar surface area (TPSA) is 114 Å². The van der Waals surface area contributed by atoms with E-state index < -0.39 is 26.6 Å². The van der Waals surface area contributed by atoms with Gasteiger partial charge in [-0.15, -0.1) is 0 Å². The van der Waals surface area contributed by atoms with Crippen LogP contribution in [0.2, 0.25) is 0 Å². The van der Waals surface area contributed by atoms with Gasteiger partial charge in [0.2, 0.25) is 5.91 Å². The number of hydrogen-bond acceptors (Lipinski definition) is 7. The summed E-state index contributed by atoms with van der Waals surface area (Å²) in [5.41, 5.74) is 0. The molecule has 10 heteroatoms. The second-order valence-corrected chi connectivity index (χ2v) is 24.6. The van der Waals surface area contributed by atoms with Crippen molar-refractivity contribution in [2.45, 2.75) is 270 Å². The molecule has 0 radical (unpaired) electrons. The van der Waals surface area contributed by atoms with E-state index in [0.717, 1.165) is 116 Å². The molecular formula is C74H125N2O7P. The van der Waals surface area contributed by atoms with Gasteiger partial charge in [-0.1, -0.05) is 276 Å². The number of phosphoric ester groups is 1. The molecule has 0 aliphatic heterocycles. The maximum absolute atomic E-state index is 13.5. The van der Waals surface area contributed by atoms with Gasteiger partial charge in [-0.05, 0) is 115 Å². The van der Waals surface area contributed by atoms with Crippen molar-refractivity contribution >= 4 is 19.7 Å². The molecule has 0 aromatic rings. The summed E-state index contributed by atoms with van der Waals surface area (Å²) in [4.78, 5) is 40.1. The van der Waals surface area contributed by atoms with Crippen LogP contribution >= 0.6 is 7.82 Å². The van der Waals surface area contributed by atoms with Crippen LogP contribution in [0.5, 0.6) is 0 Å². The van der Waals surface area contributed by atoms with Crippen molar-refractivity contribution in [2.24, 2.45) is 0 Å². The fourth-order valence-corrected chi connectivity index (χ4v) is 9.65. The minimum absolute atomic E-state index is 0.0437. The fourth-order valence-electron chi connectivity index (χ4n) is 8.92. The van der Waals surface area contributed by atoms with E-state index >= 15 is 0 Å². The molecule has 0 aliphatic carbocycles. The van der Waals surface area contributed by atoms with E-state index in [-0.39, 0.29) is 31.3 Å². The Morgan fingerprint density at radius 1 is 0.429 bits per heavy atom. The molecule has 9 nitrogen and oxygen atoms in total. The van der Waals surface area contributed by atoms with Crippen LogP contribution < -0.4 is 10.2 Å². The smallest absolute Gasteiger partial charge is 0.306 e. The number of likely N-dealkylation sites (N-methyl/N-ethyl adjacent to an activating group) is 1.